The third-order valence-corrected chi connectivity index (χ3v) is 6.59. The Morgan fingerprint density at radius 3 is 2.71 bits per heavy atom. The lowest BCUT2D eigenvalue weighted by atomic mass is 9.95. The van der Waals surface area contributed by atoms with Crippen LogP contribution in [0.5, 0.6) is 0 Å². The number of hydrogen-bond acceptors (Lipinski definition) is 5. The van der Waals surface area contributed by atoms with Crippen molar-refractivity contribution in [3.05, 3.63) is 98.3 Å². The van der Waals surface area contributed by atoms with Gasteiger partial charge in [0.1, 0.15) is 6.04 Å². The average Bonchev–Trinajstić information content (AvgIpc) is 3.24. The zero-order chi connectivity index (χ0) is 23.8. The molecule has 3 heterocycles. The zero-order valence-electron chi connectivity index (χ0n) is 17.8. The van der Waals surface area contributed by atoms with Gasteiger partial charge in [0.15, 0.2) is 5.82 Å². The highest BCUT2D eigenvalue weighted by Crippen LogP contribution is 2.38. The van der Waals surface area contributed by atoms with E-state index in [9.17, 15) is 4.79 Å². The van der Waals surface area contributed by atoms with Gasteiger partial charge in [0.2, 0.25) is 5.95 Å². The second-order valence-corrected chi connectivity index (χ2v) is 9.38. The van der Waals surface area contributed by atoms with Gasteiger partial charge >= 0.3 is 0 Å². The van der Waals surface area contributed by atoms with Crippen LogP contribution in [-0.2, 0) is 4.79 Å². The number of anilines is 2. The minimum Gasteiger partial charge on any atom is -0.328 e. The topological polar surface area (TPSA) is 84.7 Å². The third-order valence-electron chi connectivity index (χ3n) is 5.36. The molecule has 5 rings (SSSR count). The monoisotopic (exact) mass is 554 g/mol. The number of rotatable bonds is 4. The Hall–Kier alpha value is -3.20. The van der Waals surface area contributed by atoms with E-state index in [-0.39, 0.29) is 5.91 Å². The minimum absolute atomic E-state index is 0.264. The Morgan fingerprint density at radius 2 is 1.97 bits per heavy atom. The highest BCUT2D eigenvalue weighted by molar-refractivity contribution is 9.10. The normalized spacial score (nSPS) is 15.0. The summed E-state index contributed by atoms with van der Waals surface area (Å²) in [5, 5.41) is 11.8. The number of benzene rings is 2. The summed E-state index contributed by atoms with van der Waals surface area (Å²) in [4.78, 5) is 22.2. The van der Waals surface area contributed by atoms with E-state index in [0.717, 1.165) is 10.0 Å². The number of hydrogen-bond donors (Lipinski definition) is 2. The first-order valence-electron chi connectivity index (χ1n) is 10.3. The van der Waals surface area contributed by atoms with Crippen LogP contribution in [0.15, 0.2) is 82.7 Å². The first-order chi connectivity index (χ1) is 16.4. The lowest BCUT2D eigenvalue weighted by Crippen LogP contribution is -2.31. The molecule has 0 spiro atoms. The molecule has 2 aromatic carbocycles. The largest absolute Gasteiger partial charge is 0.328 e. The number of halogens is 3. The van der Waals surface area contributed by atoms with Gasteiger partial charge < -0.3 is 10.6 Å². The summed E-state index contributed by atoms with van der Waals surface area (Å²) < 4.78 is 2.60. The fourth-order valence-corrected chi connectivity index (χ4v) is 4.54. The Bertz CT molecular complexity index is 1440. The second-order valence-electron chi connectivity index (χ2n) is 7.65. The first-order valence-corrected chi connectivity index (χ1v) is 11.8. The van der Waals surface area contributed by atoms with Crippen molar-refractivity contribution in [2.75, 3.05) is 10.6 Å². The molecule has 7 nitrogen and oxygen atoms in total. The van der Waals surface area contributed by atoms with Crippen LogP contribution < -0.4 is 10.6 Å². The molecule has 0 fully saturated rings. The summed E-state index contributed by atoms with van der Waals surface area (Å²) in [5.41, 5.74) is 3.37. The van der Waals surface area contributed by atoms with Crippen molar-refractivity contribution in [3.63, 3.8) is 0 Å². The van der Waals surface area contributed by atoms with Crippen LogP contribution in [0.25, 0.3) is 11.4 Å². The van der Waals surface area contributed by atoms with Crippen LogP contribution in [-0.4, -0.2) is 25.7 Å². The molecule has 1 aliphatic rings. The highest BCUT2D eigenvalue weighted by Gasteiger charge is 2.34. The minimum atomic E-state index is -0.519. The molecule has 1 amide bonds. The lowest BCUT2D eigenvalue weighted by Gasteiger charge is -2.28. The number of nitrogens with one attached hydrogen (secondary N) is 2. The Morgan fingerprint density at radius 1 is 1.12 bits per heavy atom. The Balaban J connectivity index is 1.61. The maximum Gasteiger partial charge on any atom is 0.255 e. The molecule has 1 aliphatic heterocycles. The van der Waals surface area contributed by atoms with Crippen LogP contribution >= 0.6 is 39.1 Å². The van der Waals surface area contributed by atoms with Gasteiger partial charge in [-0.05, 0) is 55.0 Å². The molecule has 1 atom stereocenters. The van der Waals surface area contributed by atoms with Crippen molar-refractivity contribution in [2.45, 2.75) is 13.0 Å². The number of amides is 1. The zero-order valence-corrected chi connectivity index (χ0v) is 20.9. The molecule has 2 N–H and O–H groups in total. The third kappa shape index (κ3) is 4.32. The van der Waals surface area contributed by atoms with E-state index in [1.165, 1.54) is 0 Å². The van der Waals surface area contributed by atoms with Crippen molar-refractivity contribution >= 4 is 56.7 Å². The van der Waals surface area contributed by atoms with Gasteiger partial charge in [-0.3, -0.25) is 9.78 Å². The fraction of sp³-hybridized carbons (Fsp3) is 0.0833. The summed E-state index contributed by atoms with van der Waals surface area (Å²) in [6.45, 7) is 1.85. The SMILES string of the molecule is CC1=C(C(=O)Nc2cccnc2)C(c2cccc(Br)c2)n2nc(-c3ccc(Cl)c(Cl)c3)nc2N1. The number of fused-ring (bicyclic) bond motifs is 1. The molecule has 10 heteroatoms. The molecule has 0 saturated heterocycles. The second kappa shape index (κ2) is 9.21. The predicted octanol–water partition coefficient (Wildman–Crippen LogP) is 6.34. The van der Waals surface area contributed by atoms with Gasteiger partial charge in [-0.1, -0.05) is 51.3 Å². The van der Waals surface area contributed by atoms with E-state index in [1.807, 2.05) is 31.2 Å². The Labute approximate surface area is 214 Å². The van der Waals surface area contributed by atoms with Gasteiger partial charge in [0.25, 0.3) is 5.91 Å². The van der Waals surface area contributed by atoms with Gasteiger partial charge in [0, 0.05) is 21.9 Å². The van der Waals surface area contributed by atoms with Crippen LogP contribution in [0.3, 0.4) is 0 Å². The number of nitrogens with zero attached hydrogens (tertiary/aromatic N) is 4. The van der Waals surface area contributed by atoms with Gasteiger partial charge in [-0.25, -0.2) is 4.68 Å². The average molecular weight is 556 g/mol. The molecule has 2 aromatic heterocycles. The highest BCUT2D eigenvalue weighted by atomic mass is 79.9. The first kappa shape index (κ1) is 22.6. The molecule has 1 unspecified atom stereocenters. The maximum absolute atomic E-state index is 13.5. The van der Waals surface area contributed by atoms with E-state index in [1.54, 1.807) is 47.4 Å². The molecule has 0 bridgehead atoms. The molecule has 170 valence electrons. The van der Waals surface area contributed by atoms with Crippen LogP contribution in [0.4, 0.5) is 11.6 Å². The molecular weight excluding hydrogens is 539 g/mol. The van der Waals surface area contributed by atoms with E-state index in [4.69, 9.17) is 28.3 Å². The fourth-order valence-electron chi connectivity index (χ4n) is 3.82. The molecule has 0 radical (unpaired) electrons. The summed E-state index contributed by atoms with van der Waals surface area (Å²) >= 11 is 15.8. The van der Waals surface area contributed by atoms with Gasteiger partial charge in [-0.15, -0.1) is 5.10 Å². The number of allylic oxidation sites excluding steroid dienone is 1. The molecule has 4 aromatic rings. The molecule has 0 saturated carbocycles. The molecule has 0 aliphatic carbocycles. The van der Waals surface area contributed by atoms with Crippen molar-refractivity contribution in [1.82, 2.24) is 19.7 Å². The van der Waals surface area contributed by atoms with Crippen LogP contribution in [0, 0.1) is 0 Å². The van der Waals surface area contributed by atoms with Crippen molar-refractivity contribution in [1.29, 1.82) is 0 Å². The molecule has 34 heavy (non-hydrogen) atoms. The van der Waals surface area contributed by atoms with Gasteiger partial charge in [0.05, 0.1) is 27.5 Å². The van der Waals surface area contributed by atoms with Crippen LogP contribution in [0.1, 0.15) is 18.5 Å². The van der Waals surface area contributed by atoms with E-state index < -0.39 is 6.04 Å². The standard InChI is InChI=1S/C24H17BrCl2N6O/c1-13-20(23(34)30-17-6-3-9-28-12-17)21(14-4-2-5-16(25)10-14)33-24(29-13)31-22(32-33)15-7-8-18(26)19(27)11-15/h2-12,21H,1H3,(H,30,34)(H,29,31,32). The lowest BCUT2D eigenvalue weighted by molar-refractivity contribution is -0.113. The Kier molecular flexibility index (Phi) is 6.12. The summed E-state index contributed by atoms with van der Waals surface area (Å²) in [5.74, 6) is 0.712. The number of carbonyl (C=O) groups excluding carboxylic acids is 1. The quantitative estimate of drug-likeness (QED) is 0.307. The van der Waals surface area contributed by atoms with Gasteiger partial charge in [-0.2, -0.15) is 4.98 Å². The van der Waals surface area contributed by atoms with E-state index in [0.29, 0.717) is 44.3 Å². The van der Waals surface area contributed by atoms with Crippen molar-refractivity contribution < 1.29 is 4.79 Å². The smallest absolute Gasteiger partial charge is 0.255 e. The molecular formula is C24H17BrCl2N6O. The van der Waals surface area contributed by atoms with E-state index in [2.05, 4.69) is 36.5 Å². The van der Waals surface area contributed by atoms with E-state index >= 15 is 0 Å². The van der Waals surface area contributed by atoms with Crippen molar-refractivity contribution in [2.24, 2.45) is 0 Å². The number of carbonyl (C=O) groups is 1. The van der Waals surface area contributed by atoms with Crippen molar-refractivity contribution in [3.8, 4) is 11.4 Å². The summed E-state index contributed by atoms with van der Waals surface area (Å²) in [6.07, 6.45) is 3.25. The summed E-state index contributed by atoms with van der Waals surface area (Å²) in [7, 11) is 0. The predicted molar refractivity (Wildman–Crippen MR) is 137 cm³/mol. The van der Waals surface area contributed by atoms with Crippen LogP contribution in [0.2, 0.25) is 10.0 Å². The maximum atomic E-state index is 13.5. The number of aromatic nitrogens is 4. The summed E-state index contributed by atoms with van der Waals surface area (Å²) in [6, 6.07) is 16.0. The number of pyridine rings is 1.